The van der Waals surface area contributed by atoms with Crippen LogP contribution in [0.2, 0.25) is 0 Å². The van der Waals surface area contributed by atoms with Crippen LogP contribution in [0.5, 0.6) is 0 Å². The van der Waals surface area contributed by atoms with Gasteiger partial charge in [-0.3, -0.25) is 4.79 Å². The summed E-state index contributed by atoms with van der Waals surface area (Å²) in [6.07, 6.45) is -4.69. The molecule has 1 heterocycles. The van der Waals surface area contributed by atoms with Crippen molar-refractivity contribution in [2.24, 2.45) is 0 Å². The number of pyridine rings is 1. The number of carbonyl (C=O) groups is 1. The second-order valence-electron chi connectivity index (χ2n) is 5.55. The van der Waals surface area contributed by atoms with Crippen molar-refractivity contribution in [3.63, 3.8) is 0 Å². The summed E-state index contributed by atoms with van der Waals surface area (Å²) in [4.78, 5) is 26.9. The molecular formula is C18H12F3NO3. The average molecular weight is 347 g/mol. The predicted octanol–water partition coefficient (Wildman–Crippen LogP) is 4.22. The van der Waals surface area contributed by atoms with E-state index in [1.54, 1.807) is 18.2 Å². The summed E-state index contributed by atoms with van der Waals surface area (Å²) < 4.78 is 40.0. The van der Waals surface area contributed by atoms with Crippen LogP contribution in [0, 0.1) is 6.92 Å². The molecule has 0 bridgehead atoms. The van der Waals surface area contributed by atoms with Gasteiger partial charge in [0.2, 0.25) is 5.43 Å². The first-order valence-electron chi connectivity index (χ1n) is 7.27. The maximum absolute atomic E-state index is 13.3. The topological polar surface area (TPSA) is 70.2 Å². The van der Waals surface area contributed by atoms with Crippen molar-refractivity contribution in [1.82, 2.24) is 4.98 Å². The number of fused-ring (bicyclic) bond motifs is 1. The number of hydrogen-bond donors (Lipinski definition) is 2. The molecular weight excluding hydrogens is 335 g/mol. The highest BCUT2D eigenvalue weighted by Crippen LogP contribution is 2.35. The number of aromatic nitrogens is 1. The average Bonchev–Trinajstić information content (AvgIpc) is 2.53. The molecule has 0 spiro atoms. The third-order valence-electron chi connectivity index (χ3n) is 3.95. The Morgan fingerprint density at radius 3 is 2.28 bits per heavy atom. The molecule has 7 heteroatoms. The molecule has 3 rings (SSSR count). The minimum atomic E-state index is -4.69. The lowest BCUT2D eigenvalue weighted by Crippen LogP contribution is -2.20. The van der Waals surface area contributed by atoms with E-state index in [0.717, 1.165) is 12.1 Å². The van der Waals surface area contributed by atoms with E-state index in [4.69, 9.17) is 0 Å². The predicted molar refractivity (Wildman–Crippen MR) is 86.7 cm³/mol. The number of aryl methyl sites for hydroxylation is 1. The van der Waals surface area contributed by atoms with E-state index in [-0.39, 0.29) is 16.6 Å². The molecule has 0 aliphatic carbocycles. The Morgan fingerprint density at radius 2 is 1.72 bits per heavy atom. The summed E-state index contributed by atoms with van der Waals surface area (Å²) in [5.74, 6) is -1.50. The van der Waals surface area contributed by atoms with Gasteiger partial charge in [0.25, 0.3) is 0 Å². The van der Waals surface area contributed by atoms with Crippen LogP contribution in [0.1, 0.15) is 21.5 Å². The summed E-state index contributed by atoms with van der Waals surface area (Å²) in [5.41, 5.74) is -2.52. The van der Waals surface area contributed by atoms with Crippen molar-refractivity contribution < 1.29 is 23.1 Å². The molecule has 0 radical (unpaired) electrons. The largest absolute Gasteiger partial charge is 0.477 e. The zero-order valence-corrected chi connectivity index (χ0v) is 12.9. The molecule has 2 N–H and O–H groups in total. The van der Waals surface area contributed by atoms with E-state index >= 15 is 0 Å². The first-order valence-corrected chi connectivity index (χ1v) is 7.27. The normalized spacial score (nSPS) is 11.7. The van der Waals surface area contributed by atoms with Gasteiger partial charge in [-0.15, -0.1) is 0 Å². The van der Waals surface area contributed by atoms with Crippen LogP contribution < -0.4 is 5.43 Å². The van der Waals surface area contributed by atoms with Crippen molar-refractivity contribution >= 4 is 16.9 Å². The van der Waals surface area contributed by atoms with Gasteiger partial charge in [0.15, 0.2) is 0 Å². The number of alkyl halides is 3. The van der Waals surface area contributed by atoms with Gasteiger partial charge in [0, 0.05) is 5.39 Å². The second-order valence-corrected chi connectivity index (χ2v) is 5.55. The molecule has 1 aromatic heterocycles. The molecule has 0 atom stereocenters. The van der Waals surface area contributed by atoms with Crippen LogP contribution in [0.3, 0.4) is 0 Å². The van der Waals surface area contributed by atoms with Crippen LogP contribution in [0.15, 0.2) is 47.3 Å². The fourth-order valence-corrected chi connectivity index (χ4v) is 2.82. The van der Waals surface area contributed by atoms with Gasteiger partial charge in [-0.05, 0) is 24.1 Å². The highest BCUT2D eigenvalue weighted by Gasteiger charge is 2.34. The van der Waals surface area contributed by atoms with E-state index in [2.05, 4.69) is 4.98 Å². The molecule has 4 nitrogen and oxygen atoms in total. The molecule has 2 aromatic carbocycles. The maximum atomic E-state index is 13.3. The Balaban J connectivity index is 2.55. The number of carboxylic acids is 1. The first-order chi connectivity index (χ1) is 11.7. The van der Waals surface area contributed by atoms with Gasteiger partial charge in [0.05, 0.1) is 16.8 Å². The SMILES string of the molecule is Cc1ccc(C(F)(F)F)c2[nH]c(-c3ccccc3)c(C(=O)O)c(=O)c12. The third kappa shape index (κ3) is 2.77. The number of benzene rings is 2. The van der Waals surface area contributed by atoms with E-state index < -0.39 is 34.2 Å². The Bertz CT molecular complexity index is 1040. The molecule has 128 valence electrons. The Hall–Kier alpha value is -3.09. The highest BCUT2D eigenvalue weighted by molar-refractivity contribution is 6.00. The molecule has 0 aliphatic heterocycles. The maximum Gasteiger partial charge on any atom is 0.418 e. The van der Waals surface area contributed by atoms with Crippen LogP contribution in [0.25, 0.3) is 22.2 Å². The number of halogens is 3. The Morgan fingerprint density at radius 1 is 1.08 bits per heavy atom. The molecule has 0 unspecified atom stereocenters. The van der Waals surface area contributed by atoms with Crippen LogP contribution >= 0.6 is 0 Å². The van der Waals surface area contributed by atoms with Crippen LogP contribution in [-0.2, 0) is 6.18 Å². The lowest BCUT2D eigenvalue weighted by atomic mass is 9.98. The lowest BCUT2D eigenvalue weighted by Gasteiger charge is -2.15. The van der Waals surface area contributed by atoms with E-state index in [9.17, 15) is 27.9 Å². The quantitative estimate of drug-likeness (QED) is 0.729. The number of rotatable bonds is 2. The van der Waals surface area contributed by atoms with Crippen molar-refractivity contribution in [1.29, 1.82) is 0 Å². The van der Waals surface area contributed by atoms with Crippen LogP contribution in [-0.4, -0.2) is 16.1 Å². The second kappa shape index (κ2) is 5.77. The van der Waals surface area contributed by atoms with Crippen molar-refractivity contribution in [2.45, 2.75) is 13.1 Å². The molecule has 25 heavy (non-hydrogen) atoms. The Labute approximate surface area is 139 Å². The number of aromatic carboxylic acids is 1. The third-order valence-corrected chi connectivity index (χ3v) is 3.95. The number of hydrogen-bond acceptors (Lipinski definition) is 2. The van der Waals surface area contributed by atoms with Crippen molar-refractivity contribution in [3.05, 3.63) is 69.4 Å². The lowest BCUT2D eigenvalue weighted by molar-refractivity contribution is -0.136. The van der Waals surface area contributed by atoms with E-state index in [1.807, 2.05) is 0 Å². The summed E-state index contributed by atoms with van der Waals surface area (Å²) in [7, 11) is 0. The molecule has 0 saturated heterocycles. The van der Waals surface area contributed by atoms with Crippen molar-refractivity contribution in [2.75, 3.05) is 0 Å². The summed E-state index contributed by atoms with van der Waals surface area (Å²) in [6, 6.07) is 9.96. The minimum absolute atomic E-state index is 0.151. The standard InChI is InChI=1S/C18H12F3NO3/c1-9-7-8-11(18(19,20)21)15-12(9)16(23)13(17(24)25)14(22-15)10-5-3-2-4-6-10/h2-8H,1H3,(H,22,23)(H,24,25). The molecule has 0 fully saturated rings. The first kappa shape index (κ1) is 16.8. The van der Waals surface area contributed by atoms with Gasteiger partial charge >= 0.3 is 12.1 Å². The zero-order valence-electron chi connectivity index (χ0n) is 12.9. The number of nitrogens with one attached hydrogen (secondary N) is 1. The molecule has 3 aromatic rings. The van der Waals surface area contributed by atoms with Gasteiger partial charge in [-0.2, -0.15) is 13.2 Å². The molecule has 0 aliphatic rings. The van der Waals surface area contributed by atoms with Crippen LogP contribution in [0.4, 0.5) is 13.2 Å². The van der Waals surface area contributed by atoms with Gasteiger partial charge in [-0.1, -0.05) is 36.4 Å². The monoisotopic (exact) mass is 347 g/mol. The highest BCUT2D eigenvalue weighted by atomic mass is 19.4. The fraction of sp³-hybridized carbons (Fsp3) is 0.111. The minimum Gasteiger partial charge on any atom is -0.477 e. The molecule has 0 saturated carbocycles. The van der Waals surface area contributed by atoms with Gasteiger partial charge < -0.3 is 10.1 Å². The van der Waals surface area contributed by atoms with Gasteiger partial charge in [-0.25, -0.2) is 4.79 Å². The summed E-state index contributed by atoms with van der Waals surface area (Å²) in [5, 5.41) is 9.17. The van der Waals surface area contributed by atoms with E-state index in [0.29, 0.717) is 5.56 Å². The van der Waals surface area contributed by atoms with Crippen molar-refractivity contribution in [3.8, 4) is 11.3 Å². The molecule has 0 amide bonds. The fourth-order valence-electron chi connectivity index (χ4n) is 2.82. The number of H-pyrrole nitrogens is 1. The number of carboxylic acid groups (broad SMARTS) is 1. The van der Waals surface area contributed by atoms with E-state index in [1.165, 1.54) is 19.1 Å². The smallest absolute Gasteiger partial charge is 0.418 e. The van der Waals surface area contributed by atoms with Gasteiger partial charge in [0.1, 0.15) is 5.56 Å². The summed E-state index contributed by atoms with van der Waals surface area (Å²) >= 11 is 0. The Kier molecular flexibility index (Phi) is 3.87. The zero-order chi connectivity index (χ0) is 18.4. The summed E-state index contributed by atoms with van der Waals surface area (Å²) in [6.45, 7) is 1.46. The number of aromatic amines is 1.